The van der Waals surface area contributed by atoms with Gasteiger partial charge in [0.15, 0.2) is 0 Å². The van der Waals surface area contributed by atoms with Gasteiger partial charge in [0.25, 0.3) is 5.91 Å². The number of aromatic amines is 1. The summed E-state index contributed by atoms with van der Waals surface area (Å²) in [6.07, 6.45) is 0. The van der Waals surface area contributed by atoms with Gasteiger partial charge in [-0.3, -0.25) is 9.89 Å². The monoisotopic (exact) mass is 294 g/mol. The molecule has 0 spiro atoms. The van der Waals surface area contributed by atoms with Crippen LogP contribution in [0.1, 0.15) is 22.0 Å². The van der Waals surface area contributed by atoms with Crippen LogP contribution in [0.5, 0.6) is 0 Å². The summed E-state index contributed by atoms with van der Waals surface area (Å²) in [6.45, 7) is 3.66. The Labute approximate surface area is 107 Å². The Morgan fingerprint density at radius 3 is 2.82 bits per heavy atom. The Balaban J connectivity index is 2.21. The zero-order valence-corrected chi connectivity index (χ0v) is 11.0. The van der Waals surface area contributed by atoms with Crippen molar-refractivity contribution in [3.05, 3.63) is 39.9 Å². The second kappa shape index (κ2) is 4.67. The zero-order chi connectivity index (χ0) is 12.4. The molecule has 17 heavy (non-hydrogen) atoms. The molecule has 1 heterocycles. The van der Waals surface area contributed by atoms with Crippen molar-refractivity contribution >= 4 is 27.5 Å². The molecule has 0 saturated heterocycles. The van der Waals surface area contributed by atoms with Crippen LogP contribution in [0.2, 0.25) is 0 Å². The van der Waals surface area contributed by atoms with Crippen molar-refractivity contribution in [3.8, 4) is 0 Å². The first-order valence-electron chi connectivity index (χ1n) is 5.03. The fraction of sp³-hybridized carbons (Fsp3) is 0.182. The van der Waals surface area contributed by atoms with Gasteiger partial charge >= 0.3 is 0 Å². The number of amides is 1. The number of benzene rings is 1. The quantitative estimate of drug-likeness (QED) is 0.894. The maximum Gasteiger partial charge on any atom is 0.295 e. The Bertz CT molecular complexity index is 564. The average molecular weight is 295 g/mol. The van der Waals surface area contributed by atoms with E-state index in [-0.39, 0.29) is 11.7 Å². The minimum atomic E-state index is -0.324. The van der Waals surface area contributed by atoms with Crippen LogP contribution in [-0.4, -0.2) is 21.1 Å². The first kappa shape index (κ1) is 11.8. The van der Waals surface area contributed by atoms with Gasteiger partial charge in [-0.05, 0) is 31.5 Å². The third kappa shape index (κ3) is 2.52. The predicted octanol–water partition coefficient (Wildman–Crippen LogP) is 2.44. The number of aryl methyl sites for hydroxylation is 1. The lowest BCUT2D eigenvalue weighted by Gasteiger charge is -2.07. The fourth-order valence-corrected chi connectivity index (χ4v) is 1.73. The third-order valence-electron chi connectivity index (χ3n) is 2.32. The van der Waals surface area contributed by atoms with Gasteiger partial charge in [-0.1, -0.05) is 22.0 Å². The van der Waals surface area contributed by atoms with Crippen LogP contribution < -0.4 is 5.32 Å². The number of aromatic nitrogens is 3. The lowest BCUT2D eigenvalue weighted by molar-refractivity contribution is 0.101. The van der Waals surface area contributed by atoms with Gasteiger partial charge < -0.3 is 5.32 Å². The molecule has 0 fully saturated rings. The molecule has 1 aromatic carbocycles. The van der Waals surface area contributed by atoms with E-state index in [1.54, 1.807) is 6.92 Å². The molecule has 1 amide bonds. The number of H-pyrrole nitrogens is 1. The summed E-state index contributed by atoms with van der Waals surface area (Å²) in [5, 5.41) is 9.20. The standard InChI is InChI=1S/C11H11BrN4O/c1-6-8(12)4-3-5-9(6)14-11(17)10-13-7(2)15-16-10/h3-5H,1-2H3,(H,14,17)(H,13,15,16). The number of anilines is 1. The fourth-order valence-electron chi connectivity index (χ4n) is 1.37. The van der Waals surface area contributed by atoms with Gasteiger partial charge in [-0.25, -0.2) is 4.98 Å². The second-order valence-corrected chi connectivity index (χ2v) is 4.47. The Morgan fingerprint density at radius 2 is 2.18 bits per heavy atom. The molecular weight excluding hydrogens is 284 g/mol. The predicted molar refractivity (Wildman–Crippen MR) is 68.0 cm³/mol. The number of carbonyl (C=O) groups excluding carboxylic acids is 1. The summed E-state index contributed by atoms with van der Waals surface area (Å²) in [5.41, 5.74) is 1.71. The first-order chi connectivity index (χ1) is 8.08. The van der Waals surface area contributed by atoms with Gasteiger partial charge in [0.1, 0.15) is 5.82 Å². The van der Waals surface area contributed by atoms with E-state index < -0.39 is 0 Å². The molecule has 0 aliphatic heterocycles. The van der Waals surface area contributed by atoms with Crippen molar-refractivity contribution in [2.75, 3.05) is 5.32 Å². The first-order valence-corrected chi connectivity index (χ1v) is 5.82. The van der Waals surface area contributed by atoms with Crippen LogP contribution in [-0.2, 0) is 0 Å². The third-order valence-corrected chi connectivity index (χ3v) is 3.18. The summed E-state index contributed by atoms with van der Waals surface area (Å²) in [6, 6.07) is 5.61. The molecule has 6 heteroatoms. The molecule has 2 rings (SSSR count). The van der Waals surface area contributed by atoms with Crippen molar-refractivity contribution in [3.63, 3.8) is 0 Å². The summed E-state index contributed by atoms with van der Waals surface area (Å²) >= 11 is 3.41. The number of carbonyl (C=O) groups is 1. The summed E-state index contributed by atoms with van der Waals surface area (Å²) in [4.78, 5) is 15.8. The van der Waals surface area contributed by atoms with Crippen molar-refractivity contribution < 1.29 is 4.79 Å². The van der Waals surface area contributed by atoms with Gasteiger partial charge in [0.05, 0.1) is 0 Å². The minimum absolute atomic E-state index is 0.141. The lowest BCUT2D eigenvalue weighted by atomic mass is 10.2. The molecule has 0 aliphatic rings. The molecule has 0 radical (unpaired) electrons. The Hall–Kier alpha value is -1.69. The number of hydrogen-bond acceptors (Lipinski definition) is 3. The van der Waals surface area contributed by atoms with E-state index in [2.05, 4.69) is 36.4 Å². The highest BCUT2D eigenvalue weighted by molar-refractivity contribution is 9.10. The summed E-state index contributed by atoms with van der Waals surface area (Å²) < 4.78 is 0.946. The molecule has 0 saturated carbocycles. The Kier molecular flexibility index (Phi) is 3.23. The molecular formula is C11H11BrN4O. The molecule has 1 aromatic heterocycles. The van der Waals surface area contributed by atoms with Crippen LogP contribution in [0, 0.1) is 13.8 Å². The minimum Gasteiger partial charge on any atom is -0.319 e. The zero-order valence-electron chi connectivity index (χ0n) is 9.41. The molecule has 2 aromatic rings. The van der Waals surface area contributed by atoms with Crippen LogP contribution in [0.4, 0.5) is 5.69 Å². The maximum absolute atomic E-state index is 11.8. The van der Waals surface area contributed by atoms with Gasteiger partial charge in [0, 0.05) is 10.2 Å². The van der Waals surface area contributed by atoms with E-state index in [1.165, 1.54) is 0 Å². The molecule has 88 valence electrons. The summed E-state index contributed by atoms with van der Waals surface area (Å²) in [7, 11) is 0. The highest BCUT2D eigenvalue weighted by Crippen LogP contribution is 2.23. The van der Waals surface area contributed by atoms with Crippen LogP contribution in [0.15, 0.2) is 22.7 Å². The molecule has 0 atom stereocenters. The number of hydrogen-bond donors (Lipinski definition) is 2. The molecule has 0 bridgehead atoms. The topological polar surface area (TPSA) is 70.7 Å². The second-order valence-electron chi connectivity index (χ2n) is 3.61. The van der Waals surface area contributed by atoms with E-state index in [1.807, 2.05) is 25.1 Å². The van der Waals surface area contributed by atoms with Crippen LogP contribution in [0.3, 0.4) is 0 Å². The van der Waals surface area contributed by atoms with E-state index in [0.717, 1.165) is 15.7 Å². The number of halogens is 1. The van der Waals surface area contributed by atoms with Gasteiger partial charge in [-0.15, -0.1) is 5.10 Å². The largest absolute Gasteiger partial charge is 0.319 e. The highest BCUT2D eigenvalue weighted by atomic mass is 79.9. The molecule has 0 unspecified atom stereocenters. The highest BCUT2D eigenvalue weighted by Gasteiger charge is 2.12. The van der Waals surface area contributed by atoms with Gasteiger partial charge in [0.2, 0.25) is 5.82 Å². The van der Waals surface area contributed by atoms with Crippen molar-refractivity contribution in [2.24, 2.45) is 0 Å². The molecule has 5 nitrogen and oxygen atoms in total. The molecule has 2 N–H and O–H groups in total. The Morgan fingerprint density at radius 1 is 1.41 bits per heavy atom. The number of rotatable bonds is 2. The number of nitrogens with one attached hydrogen (secondary N) is 2. The smallest absolute Gasteiger partial charge is 0.295 e. The van der Waals surface area contributed by atoms with E-state index in [9.17, 15) is 4.79 Å². The van der Waals surface area contributed by atoms with Crippen molar-refractivity contribution in [1.82, 2.24) is 15.2 Å². The van der Waals surface area contributed by atoms with Crippen LogP contribution in [0.25, 0.3) is 0 Å². The number of nitrogens with zero attached hydrogens (tertiary/aromatic N) is 2. The molecule has 0 aliphatic carbocycles. The van der Waals surface area contributed by atoms with E-state index in [4.69, 9.17) is 0 Å². The van der Waals surface area contributed by atoms with E-state index in [0.29, 0.717) is 5.82 Å². The average Bonchev–Trinajstić information content (AvgIpc) is 2.72. The van der Waals surface area contributed by atoms with Gasteiger partial charge in [-0.2, -0.15) is 0 Å². The summed E-state index contributed by atoms with van der Waals surface area (Å²) in [5.74, 6) is 0.429. The lowest BCUT2D eigenvalue weighted by Crippen LogP contribution is -2.14. The van der Waals surface area contributed by atoms with Crippen molar-refractivity contribution in [2.45, 2.75) is 13.8 Å². The van der Waals surface area contributed by atoms with Crippen molar-refractivity contribution in [1.29, 1.82) is 0 Å². The van der Waals surface area contributed by atoms with E-state index >= 15 is 0 Å². The normalized spacial score (nSPS) is 10.3. The maximum atomic E-state index is 11.8. The van der Waals surface area contributed by atoms with Crippen LogP contribution >= 0.6 is 15.9 Å². The SMILES string of the molecule is Cc1nc(C(=O)Nc2cccc(Br)c2C)n[nH]1.